The summed E-state index contributed by atoms with van der Waals surface area (Å²) < 4.78 is 5.59. The fourth-order valence-electron chi connectivity index (χ4n) is 3.23. The van der Waals surface area contributed by atoms with Gasteiger partial charge in [0.1, 0.15) is 6.61 Å². The van der Waals surface area contributed by atoms with Gasteiger partial charge < -0.3 is 20.1 Å². The van der Waals surface area contributed by atoms with E-state index in [4.69, 9.17) is 4.74 Å². The van der Waals surface area contributed by atoms with E-state index in [0.29, 0.717) is 6.54 Å². The van der Waals surface area contributed by atoms with Crippen LogP contribution in [0.25, 0.3) is 0 Å². The van der Waals surface area contributed by atoms with Gasteiger partial charge in [0.15, 0.2) is 6.10 Å². The van der Waals surface area contributed by atoms with Gasteiger partial charge in [-0.05, 0) is 18.4 Å². The molecule has 1 aromatic rings. The summed E-state index contributed by atoms with van der Waals surface area (Å²) in [6.07, 6.45) is 0.791. The number of aliphatic hydroxyl groups is 1. The smallest absolute Gasteiger partial charge is 0.254 e. The van der Waals surface area contributed by atoms with E-state index in [-0.39, 0.29) is 30.4 Å². The first-order valence-electron chi connectivity index (χ1n) is 8.78. The molecule has 0 aromatic heterocycles. The number of hydrogen-bond acceptors (Lipinski definition) is 4. The van der Waals surface area contributed by atoms with E-state index in [9.17, 15) is 14.7 Å². The number of benzene rings is 1. The minimum Gasteiger partial charge on any atom is -0.396 e. The summed E-state index contributed by atoms with van der Waals surface area (Å²) >= 11 is 0. The lowest BCUT2D eigenvalue weighted by Crippen LogP contribution is -2.54. The Kier molecular flexibility index (Phi) is 6.56. The largest absolute Gasteiger partial charge is 0.396 e. The molecule has 6 heteroatoms. The highest BCUT2D eigenvalue weighted by Crippen LogP contribution is 2.29. The Balaban J connectivity index is 2.18. The number of amides is 2. The first-order chi connectivity index (χ1) is 12.0. The van der Waals surface area contributed by atoms with Crippen molar-refractivity contribution in [2.75, 3.05) is 26.8 Å². The van der Waals surface area contributed by atoms with Crippen molar-refractivity contribution in [2.24, 2.45) is 5.41 Å². The van der Waals surface area contributed by atoms with E-state index < -0.39 is 12.1 Å². The zero-order chi connectivity index (χ0) is 18.4. The van der Waals surface area contributed by atoms with Gasteiger partial charge >= 0.3 is 0 Å². The van der Waals surface area contributed by atoms with E-state index in [1.165, 1.54) is 0 Å². The van der Waals surface area contributed by atoms with Gasteiger partial charge in [0.2, 0.25) is 5.91 Å². The molecule has 1 aliphatic rings. The number of aliphatic hydroxyl groups excluding tert-OH is 1. The van der Waals surface area contributed by atoms with E-state index in [1.807, 2.05) is 44.2 Å². The number of nitrogens with zero attached hydrogens (tertiary/aromatic N) is 1. The second-order valence-corrected chi connectivity index (χ2v) is 6.75. The summed E-state index contributed by atoms with van der Waals surface area (Å²) in [5, 5.41) is 12.6. The van der Waals surface area contributed by atoms with E-state index in [1.54, 1.807) is 11.9 Å². The van der Waals surface area contributed by atoms with E-state index in [0.717, 1.165) is 18.4 Å². The van der Waals surface area contributed by atoms with Gasteiger partial charge in [-0.15, -0.1) is 0 Å². The number of carbonyl (C=O) groups is 2. The summed E-state index contributed by atoms with van der Waals surface area (Å²) in [5.41, 5.74) is 0.520. The van der Waals surface area contributed by atoms with Crippen LogP contribution in [0.15, 0.2) is 30.3 Å². The predicted molar refractivity (Wildman–Crippen MR) is 94.8 cm³/mol. The molecule has 0 bridgehead atoms. The second kappa shape index (κ2) is 8.45. The Morgan fingerprint density at radius 1 is 1.32 bits per heavy atom. The van der Waals surface area contributed by atoms with Crippen LogP contribution in [0.5, 0.6) is 0 Å². The average molecular weight is 348 g/mol. The summed E-state index contributed by atoms with van der Waals surface area (Å²) in [4.78, 5) is 26.4. The van der Waals surface area contributed by atoms with Gasteiger partial charge in [0.05, 0.1) is 12.6 Å². The summed E-state index contributed by atoms with van der Waals surface area (Å²) in [6, 6.07) is 8.85. The standard InChI is InChI=1S/C19H28N2O4/c1-4-19(5-2,13-22)12-21(3)18(24)17-16(20-15(23)11-25-17)14-9-7-6-8-10-14/h6-10,16-17,22H,4-5,11-13H2,1-3H3,(H,20,23)/t16-,17+/m1/s1. The molecule has 1 saturated heterocycles. The first-order valence-corrected chi connectivity index (χ1v) is 8.78. The number of ether oxygens (including phenoxy) is 1. The number of rotatable bonds is 7. The molecule has 0 aliphatic carbocycles. The third-order valence-electron chi connectivity index (χ3n) is 5.20. The lowest BCUT2D eigenvalue weighted by molar-refractivity contribution is -0.155. The molecule has 1 heterocycles. The fraction of sp³-hybridized carbons (Fsp3) is 0.579. The second-order valence-electron chi connectivity index (χ2n) is 6.75. The van der Waals surface area contributed by atoms with E-state index >= 15 is 0 Å². The molecule has 1 aromatic carbocycles. The predicted octanol–water partition coefficient (Wildman–Crippen LogP) is 1.50. The third kappa shape index (κ3) is 4.38. The van der Waals surface area contributed by atoms with Crippen LogP contribution in [0.1, 0.15) is 38.3 Å². The van der Waals surface area contributed by atoms with Crippen molar-refractivity contribution in [2.45, 2.75) is 38.8 Å². The highest BCUT2D eigenvalue weighted by molar-refractivity contribution is 5.86. The van der Waals surface area contributed by atoms with Crippen LogP contribution in [0.2, 0.25) is 0 Å². The van der Waals surface area contributed by atoms with Crippen molar-refractivity contribution in [3.05, 3.63) is 35.9 Å². The van der Waals surface area contributed by atoms with Crippen molar-refractivity contribution in [3.63, 3.8) is 0 Å². The molecule has 138 valence electrons. The normalized spacial score (nSPS) is 20.9. The molecule has 1 aliphatic heterocycles. The number of hydrogen-bond donors (Lipinski definition) is 2. The SMILES string of the molecule is CCC(CC)(CO)CN(C)C(=O)[C@H]1OCC(=O)N[C@@H]1c1ccccc1. The highest BCUT2D eigenvalue weighted by Gasteiger charge is 2.39. The van der Waals surface area contributed by atoms with Crippen LogP contribution in [0.3, 0.4) is 0 Å². The maximum absolute atomic E-state index is 13.0. The summed E-state index contributed by atoms with van der Waals surface area (Å²) in [6.45, 7) is 4.39. The highest BCUT2D eigenvalue weighted by atomic mass is 16.5. The summed E-state index contributed by atoms with van der Waals surface area (Å²) in [7, 11) is 1.72. The maximum Gasteiger partial charge on any atom is 0.254 e. The molecule has 0 saturated carbocycles. The molecule has 2 amide bonds. The Morgan fingerprint density at radius 3 is 2.52 bits per heavy atom. The monoisotopic (exact) mass is 348 g/mol. The molecule has 1 fully saturated rings. The molecular weight excluding hydrogens is 320 g/mol. The van der Waals surface area contributed by atoms with Gasteiger partial charge in [-0.1, -0.05) is 44.2 Å². The molecule has 0 spiro atoms. The molecule has 2 atom stereocenters. The molecule has 6 nitrogen and oxygen atoms in total. The van der Waals surface area contributed by atoms with Crippen LogP contribution >= 0.6 is 0 Å². The Labute approximate surface area is 149 Å². The minimum atomic E-state index is -0.768. The zero-order valence-electron chi connectivity index (χ0n) is 15.2. The van der Waals surface area contributed by atoms with E-state index in [2.05, 4.69) is 5.32 Å². The van der Waals surface area contributed by atoms with Crippen molar-refractivity contribution in [1.29, 1.82) is 0 Å². The van der Waals surface area contributed by atoms with Crippen LogP contribution in [0, 0.1) is 5.41 Å². The first kappa shape index (κ1) is 19.4. The Hall–Kier alpha value is -1.92. The van der Waals surface area contributed by atoms with Crippen LogP contribution < -0.4 is 5.32 Å². The van der Waals surface area contributed by atoms with Crippen LogP contribution in [0.4, 0.5) is 0 Å². The fourth-order valence-corrected chi connectivity index (χ4v) is 3.23. The van der Waals surface area contributed by atoms with Crippen molar-refractivity contribution < 1.29 is 19.4 Å². The molecular formula is C19H28N2O4. The molecule has 0 radical (unpaired) electrons. The molecule has 2 N–H and O–H groups in total. The topological polar surface area (TPSA) is 78.9 Å². The number of likely N-dealkylation sites (N-methyl/N-ethyl adjacent to an activating group) is 1. The molecule has 0 unspecified atom stereocenters. The maximum atomic E-state index is 13.0. The van der Waals surface area contributed by atoms with Gasteiger partial charge in [-0.3, -0.25) is 9.59 Å². The zero-order valence-corrected chi connectivity index (χ0v) is 15.2. The van der Waals surface area contributed by atoms with Gasteiger partial charge in [0.25, 0.3) is 5.91 Å². The lowest BCUT2D eigenvalue weighted by atomic mass is 9.82. The van der Waals surface area contributed by atoms with Crippen molar-refractivity contribution >= 4 is 11.8 Å². The summed E-state index contributed by atoms with van der Waals surface area (Å²) in [5.74, 6) is -0.416. The molecule has 2 rings (SSSR count). The van der Waals surface area contributed by atoms with Gasteiger partial charge in [-0.25, -0.2) is 0 Å². The van der Waals surface area contributed by atoms with Crippen LogP contribution in [-0.4, -0.2) is 54.7 Å². The van der Waals surface area contributed by atoms with Gasteiger partial charge in [0, 0.05) is 19.0 Å². The number of morpholine rings is 1. The third-order valence-corrected chi connectivity index (χ3v) is 5.20. The van der Waals surface area contributed by atoms with Gasteiger partial charge in [-0.2, -0.15) is 0 Å². The average Bonchev–Trinajstić information content (AvgIpc) is 2.66. The van der Waals surface area contributed by atoms with Crippen molar-refractivity contribution in [1.82, 2.24) is 10.2 Å². The number of carbonyl (C=O) groups excluding carboxylic acids is 2. The van der Waals surface area contributed by atoms with Crippen molar-refractivity contribution in [3.8, 4) is 0 Å². The quantitative estimate of drug-likeness (QED) is 0.783. The Bertz CT molecular complexity index is 578. The number of nitrogens with one attached hydrogen (secondary N) is 1. The minimum absolute atomic E-state index is 0.0298. The Morgan fingerprint density at radius 2 is 1.96 bits per heavy atom. The van der Waals surface area contributed by atoms with Crippen LogP contribution in [-0.2, 0) is 14.3 Å². The lowest BCUT2D eigenvalue weighted by Gasteiger charge is -2.38. The molecule has 25 heavy (non-hydrogen) atoms.